The third kappa shape index (κ3) is 4.63. The summed E-state index contributed by atoms with van der Waals surface area (Å²) in [5.74, 6) is 0.261. The van der Waals surface area contributed by atoms with Crippen molar-refractivity contribution < 1.29 is 36.5 Å². The van der Waals surface area contributed by atoms with Crippen molar-refractivity contribution >= 4 is 27.3 Å². The molecule has 166 valence electrons. The maximum atomic E-state index is 13.1. The molecule has 1 aliphatic heterocycles. The van der Waals surface area contributed by atoms with Crippen molar-refractivity contribution in [2.24, 2.45) is 0 Å². The summed E-state index contributed by atoms with van der Waals surface area (Å²) in [4.78, 5) is 2.29. The minimum absolute atomic E-state index is 0.261. The number of hydrogen-bond acceptors (Lipinski definition) is 5. The summed E-state index contributed by atoms with van der Waals surface area (Å²) in [7, 11) is -4.48. The molecule has 7 nitrogen and oxygen atoms in total. The summed E-state index contributed by atoms with van der Waals surface area (Å²) >= 11 is 5.80. The first-order valence-corrected chi connectivity index (χ1v) is 10.6. The molecule has 0 aliphatic carbocycles. The molecule has 0 saturated carbocycles. The number of rotatable bonds is 5. The lowest BCUT2D eigenvalue weighted by Gasteiger charge is -2.27. The van der Waals surface area contributed by atoms with Crippen molar-refractivity contribution in [3.8, 4) is 5.75 Å². The fraction of sp³-hybridized carbons (Fsp3) is 0.316. The molecule has 2 aromatic rings. The smallest absolute Gasteiger partial charge is 0.415 e. The number of β-amino-alcohol motifs (C(OH)–C–C–N with tert-alkyl or cyclic N) is 1. The molecule has 31 heavy (non-hydrogen) atoms. The highest BCUT2D eigenvalue weighted by Crippen LogP contribution is 2.38. The first-order chi connectivity index (χ1) is 14.4. The molecule has 0 unspecified atom stereocenters. The zero-order chi connectivity index (χ0) is 23.0. The molecule has 2 atom stereocenters. The monoisotopic (exact) mass is 476 g/mol. The minimum atomic E-state index is -4.75. The molecule has 1 saturated heterocycles. The Hall–Kier alpha value is -2.36. The maximum Gasteiger partial charge on any atom is 0.415 e. The highest BCUT2D eigenvalue weighted by Gasteiger charge is 2.51. The third-order valence-electron chi connectivity index (χ3n) is 4.81. The van der Waals surface area contributed by atoms with Crippen LogP contribution in [0.2, 0.25) is 5.02 Å². The fourth-order valence-corrected chi connectivity index (χ4v) is 4.86. The van der Waals surface area contributed by atoms with E-state index in [2.05, 4.69) is 4.85 Å². The summed E-state index contributed by atoms with van der Waals surface area (Å²) in [5.41, 5.74) is -3.84. The summed E-state index contributed by atoms with van der Waals surface area (Å²) < 4.78 is 71.3. The van der Waals surface area contributed by atoms with Crippen LogP contribution in [-0.4, -0.2) is 54.3 Å². The van der Waals surface area contributed by atoms with E-state index < -0.39 is 63.7 Å². The van der Waals surface area contributed by atoms with Crippen molar-refractivity contribution in [1.29, 1.82) is 0 Å². The summed E-state index contributed by atoms with van der Waals surface area (Å²) in [6.45, 7) is 5.29. The number of alkyl halides is 3. The van der Waals surface area contributed by atoms with E-state index in [9.17, 15) is 31.8 Å². The van der Waals surface area contributed by atoms with Gasteiger partial charge in [-0.3, -0.25) is 0 Å². The van der Waals surface area contributed by atoms with Gasteiger partial charge in [0.05, 0.1) is 24.6 Å². The molecule has 12 heteroatoms. The van der Waals surface area contributed by atoms with Crippen molar-refractivity contribution in [1.82, 2.24) is 4.31 Å². The molecule has 0 spiro atoms. The second kappa shape index (κ2) is 8.29. The van der Waals surface area contributed by atoms with E-state index in [1.54, 1.807) is 0 Å². The van der Waals surface area contributed by atoms with Gasteiger partial charge in [-0.05, 0) is 30.3 Å². The van der Waals surface area contributed by atoms with Gasteiger partial charge in [0, 0.05) is 17.1 Å². The molecule has 1 fully saturated rings. The van der Waals surface area contributed by atoms with Crippen molar-refractivity contribution in [2.75, 3.05) is 19.7 Å². The summed E-state index contributed by atoms with van der Waals surface area (Å²) in [6.07, 6.45) is -5.93. The van der Waals surface area contributed by atoms with Crippen molar-refractivity contribution in [3.05, 3.63) is 64.5 Å². The van der Waals surface area contributed by atoms with Crippen LogP contribution in [0.15, 0.2) is 47.4 Å². The molecule has 0 bridgehead atoms. The first-order valence-electron chi connectivity index (χ1n) is 8.75. The number of hydrogen-bond donors (Lipinski definition) is 2. The average molecular weight is 477 g/mol. The third-order valence-corrected chi connectivity index (χ3v) is 6.92. The number of halogens is 4. The van der Waals surface area contributed by atoms with Crippen LogP contribution in [0.1, 0.15) is 5.56 Å². The Labute approximate surface area is 181 Å². The standard InChI is InChI=1S/C19H16ClF3N2O5S/c1-24-15-8-12(19(21,22)23)2-7-16(15)31(28,29)25-9-17(18(27,10-25)11-26)30-14-5-3-13(20)4-6-14/h2-8,17,26-27H,9-11H2/t17-,18-/m0/s1. The molecule has 0 radical (unpaired) electrons. The van der Waals surface area contributed by atoms with Crippen molar-refractivity contribution in [3.63, 3.8) is 0 Å². The van der Waals surface area contributed by atoms with E-state index >= 15 is 0 Å². The highest BCUT2D eigenvalue weighted by molar-refractivity contribution is 7.89. The largest absolute Gasteiger partial charge is 0.486 e. The zero-order valence-electron chi connectivity index (χ0n) is 15.7. The Bertz CT molecular complexity index is 1120. The van der Waals surface area contributed by atoms with Crippen LogP contribution in [-0.2, 0) is 16.2 Å². The number of aliphatic hydroxyl groups excluding tert-OH is 1. The topological polar surface area (TPSA) is 91.4 Å². The lowest BCUT2D eigenvalue weighted by molar-refractivity contribution is -0.137. The molecule has 0 aromatic heterocycles. The molecular weight excluding hydrogens is 461 g/mol. The Morgan fingerprint density at radius 1 is 1.26 bits per heavy atom. The van der Waals surface area contributed by atoms with Crippen LogP contribution in [0.4, 0.5) is 18.9 Å². The Morgan fingerprint density at radius 2 is 1.90 bits per heavy atom. The van der Waals surface area contributed by atoms with E-state index in [1.165, 1.54) is 24.3 Å². The van der Waals surface area contributed by atoms with Gasteiger partial charge >= 0.3 is 6.18 Å². The van der Waals surface area contributed by atoms with Gasteiger partial charge in [0.2, 0.25) is 15.7 Å². The molecule has 2 N–H and O–H groups in total. The Morgan fingerprint density at radius 3 is 2.45 bits per heavy atom. The lowest BCUT2D eigenvalue weighted by atomic mass is 10.0. The minimum Gasteiger partial charge on any atom is -0.486 e. The molecule has 1 heterocycles. The second-order valence-corrected chi connectivity index (χ2v) is 9.25. The number of ether oxygens (including phenoxy) is 1. The normalized spacial score (nSPS) is 22.3. The SMILES string of the molecule is [C-]#[N+]c1cc(C(F)(F)F)ccc1S(=O)(=O)N1C[C@H](Oc2ccc(Cl)cc2)[C@@](O)(CO)C1. The van der Waals surface area contributed by atoms with Crippen LogP contribution in [0.25, 0.3) is 4.85 Å². The van der Waals surface area contributed by atoms with Gasteiger partial charge in [0.15, 0.2) is 0 Å². The summed E-state index contributed by atoms with van der Waals surface area (Å²) in [5, 5.41) is 20.8. The van der Waals surface area contributed by atoms with Crippen LogP contribution in [0.5, 0.6) is 5.75 Å². The average Bonchev–Trinajstić information content (AvgIpc) is 3.06. The number of nitrogens with zero attached hydrogens (tertiary/aromatic N) is 2. The predicted molar refractivity (Wildman–Crippen MR) is 104 cm³/mol. The van der Waals surface area contributed by atoms with Gasteiger partial charge in [-0.25, -0.2) is 13.3 Å². The van der Waals surface area contributed by atoms with Gasteiger partial charge < -0.3 is 14.9 Å². The zero-order valence-corrected chi connectivity index (χ0v) is 17.2. The summed E-state index contributed by atoms with van der Waals surface area (Å²) in [6, 6.07) is 7.74. The predicted octanol–water partition coefficient (Wildman–Crippen LogP) is 3.08. The van der Waals surface area contributed by atoms with E-state index in [1.807, 2.05) is 0 Å². The van der Waals surface area contributed by atoms with E-state index in [0.717, 1.165) is 4.31 Å². The Kier molecular flexibility index (Phi) is 6.23. The number of sulfonamides is 1. The molecule has 2 aromatic carbocycles. The fourth-order valence-electron chi connectivity index (χ4n) is 3.12. The molecule has 3 rings (SSSR count). The molecule has 0 amide bonds. The van der Waals surface area contributed by atoms with E-state index in [0.29, 0.717) is 23.2 Å². The Balaban J connectivity index is 1.93. The van der Waals surface area contributed by atoms with Gasteiger partial charge in [-0.15, -0.1) is 0 Å². The van der Waals surface area contributed by atoms with Crippen molar-refractivity contribution in [2.45, 2.75) is 22.8 Å². The number of benzene rings is 2. The van der Waals surface area contributed by atoms with Crippen LogP contribution < -0.4 is 4.74 Å². The van der Waals surface area contributed by atoms with Gasteiger partial charge in [-0.2, -0.15) is 17.5 Å². The maximum absolute atomic E-state index is 13.1. The highest BCUT2D eigenvalue weighted by atomic mass is 35.5. The second-order valence-electron chi connectivity index (χ2n) is 6.91. The molecule has 1 aliphatic rings. The van der Waals surface area contributed by atoms with Gasteiger partial charge in [0.1, 0.15) is 17.5 Å². The molecular formula is C19H16ClF3N2O5S. The van der Waals surface area contributed by atoms with Gasteiger partial charge in [0.25, 0.3) is 0 Å². The van der Waals surface area contributed by atoms with E-state index in [-0.39, 0.29) is 5.75 Å². The van der Waals surface area contributed by atoms with Gasteiger partial charge in [-0.1, -0.05) is 23.7 Å². The van der Waals surface area contributed by atoms with Crippen LogP contribution in [0, 0.1) is 6.57 Å². The van der Waals surface area contributed by atoms with Crippen LogP contribution >= 0.6 is 11.6 Å². The first kappa shape index (κ1) is 23.3. The number of aliphatic hydroxyl groups is 2. The lowest BCUT2D eigenvalue weighted by Crippen LogP contribution is -2.48. The quantitative estimate of drug-likeness (QED) is 0.647. The van der Waals surface area contributed by atoms with E-state index in [4.69, 9.17) is 22.9 Å². The van der Waals surface area contributed by atoms with Crippen LogP contribution in [0.3, 0.4) is 0 Å².